The van der Waals surface area contributed by atoms with Crippen LogP contribution < -0.4 is 20.4 Å². The molecular formula is C58H74N10O5. The van der Waals surface area contributed by atoms with E-state index in [4.69, 9.17) is 9.97 Å². The zero-order valence-electron chi connectivity index (χ0n) is 43.2. The van der Waals surface area contributed by atoms with Gasteiger partial charge in [0.05, 0.1) is 28.9 Å². The van der Waals surface area contributed by atoms with E-state index in [9.17, 15) is 19.2 Å². The van der Waals surface area contributed by atoms with Gasteiger partial charge in [0.25, 0.3) is 0 Å². The van der Waals surface area contributed by atoms with E-state index in [0.717, 1.165) is 128 Å². The average Bonchev–Trinajstić information content (AvgIpc) is 4.07. The smallest absolute Gasteiger partial charge is 0.238 e. The van der Waals surface area contributed by atoms with Crippen molar-refractivity contribution in [1.29, 1.82) is 0 Å². The van der Waals surface area contributed by atoms with E-state index in [1.807, 2.05) is 28.3 Å². The number of pyridine rings is 1. The van der Waals surface area contributed by atoms with Crippen LogP contribution in [0.25, 0.3) is 22.3 Å². The summed E-state index contributed by atoms with van der Waals surface area (Å²) in [6, 6.07) is 18.5. The van der Waals surface area contributed by atoms with E-state index in [1.165, 1.54) is 19.3 Å². The molecular weight excluding hydrogens is 917 g/mol. The predicted octanol–water partition coefficient (Wildman–Crippen LogP) is 7.93. The molecule has 1 spiro atoms. The number of hydrogen-bond donors (Lipinski definition) is 2. The first-order valence-electron chi connectivity index (χ1n) is 28.0. The minimum Gasteiger partial charge on any atom is -0.371 e. The summed E-state index contributed by atoms with van der Waals surface area (Å²) in [7, 11) is 2.10. The average molecular weight is 991 g/mol. The molecule has 73 heavy (non-hydrogen) atoms. The molecule has 15 nitrogen and oxygen atoms in total. The summed E-state index contributed by atoms with van der Waals surface area (Å²) in [4.78, 5) is 88.9. The number of amides is 5. The maximum atomic E-state index is 15.2. The lowest BCUT2D eigenvalue weighted by molar-refractivity contribution is -0.143. The molecule has 2 aromatic heterocycles. The Morgan fingerprint density at radius 1 is 0.767 bits per heavy atom. The summed E-state index contributed by atoms with van der Waals surface area (Å²) in [6.07, 6.45) is 16.8. The summed E-state index contributed by atoms with van der Waals surface area (Å²) >= 11 is 0. The number of rotatable bonds is 11. The lowest BCUT2D eigenvalue weighted by Gasteiger charge is -2.48. The molecule has 5 aliphatic heterocycles. The highest BCUT2D eigenvalue weighted by Gasteiger charge is 2.56. The highest BCUT2D eigenvalue weighted by Crippen LogP contribution is 2.52. The Morgan fingerprint density at radius 3 is 2.08 bits per heavy atom. The number of nitrogens with one attached hydrogen (secondary N) is 2. The number of carbonyl (C=O) groups is 5. The molecule has 4 saturated heterocycles. The molecule has 4 aromatic rings. The van der Waals surface area contributed by atoms with E-state index >= 15 is 4.79 Å². The van der Waals surface area contributed by atoms with Gasteiger partial charge in [-0.2, -0.15) is 0 Å². The van der Waals surface area contributed by atoms with Crippen LogP contribution in [-0.4, -0.2) is 129 Å². The number of hydrogen-bond acceptors (Lipinski definition) is 10. The standard InChI is InChI=1S/C58H74N10O5/c1-36(2)67-35-59-49-34-48(61-53(52(49)67)60-41-14-15-41)40-13-19-47-50(31-40)68(45-32-44(33-45)64-25-5-4-6-26-64)57(73)58(47)23-29-66(30-24-58)56(72)39-9-7-38(8-10-39)55(71)65-27-21-43(22-28-65)63(3)42-16-11-37(12-17-42)46-18-20-51(69)62-54(46)70/h11-13,16-17,19,31,34-36,38-39,41,43-46H,4-10,14-15,18,20-30,32-33H2,1-3H3,(H,60,61)(H,62,69,70). The van der Waals surface area contributed by atoms with Gasteiger partial charge in [0.2, 0.25) is 29.5 Å². The fourth-order valence-corrected chi connectivity index (χ4v) is 13.9. The highest BCUT2D eigenvalue weighted by atomic mass is 16.2. The number of fused-ring (bicyclic) bond motifs is 3. The number of carbonyl (C=O) groups excluding carboxylic acids is 5. The molecule has 7 heterocycles. The van der Waals surface area contributed by atoms with Crippen LogP contribution in [0.15, 0.2) is 54.9 Å². The molecule has 8 aliphatic rings. The monoisotopic (exact) mass is 991 g/mol. The van der Waals surface area contributed by atoms with Gasteiger partial charge in [-0.25, -0.2) is 9.97 Å². The summed E-state index contributed by atoms with van der Waals surface area (Å²) < 4.78 is 2.20. The molecule has 12 rings (SSSR count). The molecule has 0 radical (unpaired) electrons. The van der Waals surface area contributed by atoms with Gasteiger partial charge in [-0.15, -0.1) is 0 Å². The maximum absolute atomic E-state index is 15.2. The summed E-state index contributed by atoms with van der Waals surface area (Å²) in [6.45, 7) is 9.20. The Hall–Kier alpha value is -5.83. The first-order valence-corrected chi connectivity index (χ1v) is 28.0. The van der Waals surface area contributed by atoms with Crippen molar-refractivity contribution >= 4 is 57.8 Å². The third-order valence-electron chi connectivity index (χ3n) is 18.7. The van der Waals surface area contributed by atoms with Crippen molar-refractivity contribution in [3.05, 3.63) is 66.0 Å². The topological polar surface area (TPSA) is 156 Å². The first-order chi connectivity index (χ1) is 35.4. The second kappa shape index (κ2) is 19.5. The number of imide groups is 1. The quantitative estimate of drug-likeness (QED) is 0.142. The summed E-state index contributed by atoms with van der Waals surface area (Å²) in [5.74, 6) is 0.630. The molecule has 1 unspecified atom stereocenters. The van der Waals surface area contributed by atoms with Gasteiger partial charge in [0.15, 0.2) is 5.82 Å². The van der Waals surface area contributed by atoms with Crippen molar-refractivity contribution in [2.24, 2.45) is 11.8 Å². The Kier molecular flexibility index (Phi) is 12.8. The summed E-state index contributed by atoms with van der Waals surface area (Å²) in [5, 5.41) is 6.17. The molecule has 1 atom stereocenters. The van der Waals surface area contributed by atoms with Gasteiger partial charge in [-0.3, -0.25) is 29.3 Å². The normalized spacial score (nSPS) is 26.8. The van der Waals surface area contributed by atoms with Crippen LogP contribution in [0.1, 0.15) is 146 Å². The van der Waals surface area contributed by atoms with Crippen LogP contribution in [-0.2, 0) is 29.4 Å². The van der Waals surface area contributed by atoms with Crippen molar-refractivity contribution in [2.45, 2.75) is 165 Å². The number of aromatic nitrogens is 3. The minimum atomic E-state index is -0.665. The Balaban J connectivity index is 0.684. The maximum Gasteiger partial charge on any atom is 0.238 e. The Bertz CT molecular complexity index is 2770. The fraction of sp³-hybridized carbons (Fsp3) is 0.603. The third kappa shape index (κ3) is 8.98. The van der Waals surface area contributed by atoms with E-state index in [0.29, 0.717) is 70.0 Å². The first kappa shape index (κ1) is 48.1. The van der Waals surface area contributed by atoms with E-state index < -0.39 is 5.41 Å². The van der Waals surface area contributed by atoms with Crippen LogP contribution in [0.4, 0.5) is 17.2 Å². The summed E-state index contributed by atoms with van der Waals surface area (Å²) in [5.41, 5.74) is 7.27. The molecule has 386 valence electrons. The number of anilines is 3. The van der Waals surface area contributed by atoms with Gasteiger partial charge >= 0.3 is 0 Å². The second-order valence-corrected chi connectivity index (χ2v) is 23.4. The van der Waals surface area contributed by atoms with Crippen LogP contribution in [0, 0.1) is 11.8 Å². The molecule has 3 saturated carbocycles. The zero-order valence-corrected chi connectivity index (χ0v) is 43.2. The molecule has 15 heteroatoms. The number of imidazole rings is 1. The lowest BCUT2D eigenvalue weighted by atomic mass is 9.72. The number of piperidine rings is 4. The zero-order chi connectivity index (χ0) is 50.1. The lowest BCUT2D eigenvalue weighted by Crippen LogP contribution is -2.58. The SMILES string of the molecule is CC(C)n1cnc2cc(-c3ccc4c(c3)N(C3CC(N5CCCCC5)C3)C(=O)C43CCN(C(=O)C4CCC(C(=O)N5CCC(N(C)c6ccc(C7CCC(=O)NC7=O)cc6)CC5)CC4)CC3)nc(NC3CC3)c21. The van der Waals surface area contributed by atoms with Gasteiger partial charge < -0.3 is 34.4 Å². The van der Waals surface area contributed by atoms with Crippen molar-refractivity contribution < 1.29 is 24.0 Å². The Morgan fingerprint density at radius 2 is 1.44 bits per heavy atom. The molecule has 5 amide bonds. The van der Waals surface area contributed by atoms with Gasteiger partial charge in [0, 0.05) is 98.6 Å². The molecule has 3 aliphatic carbocycles. The predicted molar refractivity (Wildman–Crippen MR) is 282 cm³/mol. The van der Waals surface area contributed by atoms with E-state index in [1.54, 1.807) is 0 Å². The van der Waals surface area contributed by atoms with Crippen molar-refractivity contribution in [1.82, 2.24) is 34.6 Å². The van der Waals surface area contributed by atoms with Gasteiger partial charge in [-0.1, -0.05) is 30.7 Å². The van der Waals surface area contributed by atoms with Crippen LogP contribution >= 0.6 is 0 Å². The van der Waals surface area contributed by atoms with Crippen molar-refractivity contribution in [2.75, 3.05) is 61.4 Å². The van der Waals surface area contributed by atoms with Crippen molar-refractivity contribution in [3.8, 4) is 11.3 Å². The largest absolute Gasteiger partial charge is 0.371 e. The third-order valence-corrected chi connectivity index (χ3v) is 18.7. The van der Waals surface area contributed by atoms with Crippen LogP contribution in [0.3, 0.4) is 0 Å². The molecule has 2 N–H and O–H groups in total. The van der Waals surface area contributed by atoms with Crippen LogP contribution in [0.5, 0.6) is 0 Å². The van der Waals surface area contributed by atoms with E-state index in [-0.39, 0.29) is 59.4 Å². The van der Waals surface area contributed by atoms with Gasteiger partial charge in [-0.05, 0) is 159 Å². The number of benzene rings is 2. The molecule has 2 aromatic carbocycles. The fourth-order valence-electron chi connectivity index (χ4n) is 13.9. The minimum absolute atomic E-state index is 0.0530. The Labute approximate surface area is 429 Å². The second-order valence-electron chi connectivity index (χ2n) is 23.4. The molecule has 0 bridgehead atoms. The van der Waals surface area contributed by atoms with Crippen molar-refractivity contribution in [3.63, 3.8) is 0 Å². The number of nitrogens with zero attached hydrogens (tertiary/aromatic N) is 8. The van der Waals surface area contributed by atoms with Gasteiger partial charge in [0.1, 0.15) is 5.52 Å². The van der Waals surface area contributed by atoms with Crippen LogP contribution in [0.2, 0.25) is 0 Å². The molecule has 7 fully saturated rings. The number of likely N-dealkylation sites (tertiary alicyclic amines) is 3. The highest BCUT2D eigenvalue weighted by molar-refractivity contribution is 6.09. The van der Waals surface area contributed by atoms with E-state index in [2.05, 4.69) is 87.2 Å².